The number of hydrogen-bond donors (Lipinski definition) is 1. The van der Waals surface area contributed by atoms with Gasteiger partial charge in [-0.1, -0.05) is 47.0 Å². The van der Waals surface area contributed by atoms with E-state index in [9.17, 15) is 5.11 Å². The molecule has 0 bridgehead atoms. The van der Waals surface area contributed by atoms with Crippen LogP contribution in [0.25, 0.3) is 0 Å². The highest BCUT2D eigenvalue weighted by atomic mass is 16.3. The predicted molar refractivity (Wildman–Crippen MR) is 73.9 cm³/mol. The first-order valence-corrected chi connectivity index (χ1v) is 7.40. The van der Waals surface area contributed by atoms with E-state index in [1.807, 2.05) is 0 Å². The molecule has 1 fully saturated rings. The van der Waals surface area contributed by atoms with E-state index < -0.39 is 0 Å². The van der Waals surface area contributed by atoms with Crippen molar-refractivity contribution in [3.05, 3.63) is 0 Å². The summed E-state index contributed by atoms with van der Waals surface area (Å²) in [6.45, 7) is 10.2. The Morgan fingerprint density at radius 1 is 1.24 bits per heavy atom. The molecule has 1 aliphatic heterocycles. The van der Waals surface area contributed by atoms with Crippen molar-refractivity contribution in [3.8, 4) is 0 Å². The van der Waals surface area contributed by atoms with Crippen LogP contribution in [0, 0.1) is 5.41 Å². The van der Waals surface area contributed by atoms with Gasteiger partial charge >= 0.3 is 0 Å². The second kappa shape index (κ2) is 6.75. The van der Waals surface area contributed by atoms with Gasteiger partial charge in [-0.05, 0) is 31.1 Å². The first kappa shape index (κ1) is 15.0. The maximum absolute atomic E-state index is 10.3. The molecule has 0 saturated carbocycles. The lowest BCUT2D eigenvalue weighted by atomic mass is 9.85. The Morgan fingerprint density at radius 3 is 2.53 bits per heavy atom. The van der Waals surface area contributed by atoms with E-state index in [1.165, 1.54) is 38.5 Å². The van der Waals surface area contributed by atoms with Gasteiger partial charge in [-0.15, -0.1) is 0 Å². The molecule has 1 rings (SSSR count). The molecular formula is C15H31NO. The monoisotopic (exact) mass is 241 g/mol. The van der Waals surface area contributed by atoms with Crippen LogP contribution in [0.4, 0.5) is 0 Å². The second-order valence-electron chi connectivity index (χ2n) is 6.59. The van der Waals surface area contributed by atoms with Crippen LogP contribution in [0.15, 0.2) is 0 Å². The number of aliphatic hydroxyl groups is 1. The van der Waals surface area contributed by atoms with E-state index in [4.69, 9.17) is 0 Å². The highest BCUT2D eigenvalue weighted by molar-refractivity contribution is 4.89. The molecule has 0 aromatic carbocycles. The third-order valence-electron chi connectivity index (χ3n) is 3.99. The minimum atomic E-state index is -0.210. The molecule has 2 heteroatoms. The Bertz CT molecular complexity index is 209. The second-order valence-corrected chi connectivity index (χ2v) is 6.59. The number of aliphatic hydroxyl groups excluding tert-OH is 1. The van der Waals surface area contributed by atoms with E-state index in [2.05, 4.69) is 32.6 Å². The zero-order chi connectivity index (χ0) is 12.9. The lowest BCUT2D eigenvalue weighted by Gasteiger charge is -2.37. The summed E-state index contributed by atoms with van der Waals surface area (Å²) in [6, 6.07) is 0.559. The summed E-state index contributed by atoms with van der Waals surface area (Å²) in [5, 5.41) is 10.3. The molecule has 17 heavy (non-hydrogen) atoms. The number of hydrogen-bond acceptors (Lipinski definition) is 2. The summed E-state index contributed by atoms with van der Waals surface area (Å²) in [4.78, 5) is 2.34. The van der Waals surface area contributed by atoms with Gasteiger partial charge in [-0.25, -0.2) is 0 Å². The molecule has 1 saturated heterocycles. The molecule has 1 N–H and O–H groups in total. The Labute approximate surface area is 107 Å². The molecule has 2 atom stereocenters. The summed E-state index contributed by atoms with van der Waals surface area (Å²) in [5.74, 6) is 0. The van der Waals surface area contributed by atoms with Crippen LogP contribution in [0.5, 0.6) is 0 Å². The van der Waals surface area contributed by atoms with Crippen LogP contribution in [0.2, 0.25) is 0 Å². The number of unbranched alkanes of at least 4 members (excludes halogenated alkanes) is 3. The molecule has 0 aromatic rings. The van der Waals surface area contributed by atoms with Crippen molar-refractivity contribution < 1.29 is 5.11 Å². The summed E-state index contributed by atoms with van der Waals surface area (Å²) in [6.07, 6.45) is 8.23. The molecule has 1 aliphatic rings. The van der Waals surface area contributed by atoms with Gasteiger partial charge in [0.1, 0.15) is 6.23 Å². The van der Waals surface area contributed by atoms with Gasteiger partial charge in [0.25, 0.3) is 0 Å². The largest absolute Gasteiger partial charge is 0.378 e. The fraction of sp³-hybridized carbons (Fsp3) is 1.00. The molecule has 0 spiro atoms. The van der Waals surface area contributed by atoms with Crippen LogP contribution in [0.3, 0.4) is 0 Å². The fourth-order valence-electron chi connectivity index (χ4n) is 3.00. The predicted octanol–water partition coefficient (Wildman–Crippen LogP) is 3.79. The standard InChI is InChI=1S/C15H31NO/c1-5-6-7-8-11-14(17)16-12-9-10-13(16)15(2,3)4/h13-14,17H,5-12H2,1-4H3. The topological polar surface area (TPSA) is 23.5 Å². The summed E-state index contributed by atoms with van der Waals surface area (Å²) in [7, 11) is 0. The molecule has 0 aromatic heterocycles. The highest BCUT2D eigenvalue weighted by Gasteiger charge is 2.36. The minimum absolute atomic E-state index is 0.210. The number of likely N-dealkylation sites (tertiary alicyclic amines) is 1. The van der Waals surface area contributed by atoms with Crippen LogP contribution in [-0.2, 0) is 0 Å². The zero-order valence-corrected chi connectivity index (χ0v) is 12.2. The van der Waals surface area contributed by atoms with Crippen LogP contribution in [0.1, 0.15) is 72.6 Å². The molecular weight excluding hydrogens is 210 g/mol. The Morgan fingerprint density at radius 2 is 1.94 bits per heavy atom. The van der Waals surface area contributed by atoms with Crippen molar-refractivity contribution in [1.82, 2.24) is 4.90 Å². The van der Waals surface area contributed by atoms with Crippen LogP contribution in [-0.4, -0.2) is 28.8 Å². The molecule has 2 unspecified atom stereocenters. The molecule has 0 aliphatic carbocycles. The van der Waals surface area contributed by atoms with Gasteiger partial charge in [0.15, 0.2) is 0 Å². The van der Waals surface area contributed by atoms with Crippen molar-refractivity contribution in [2.45, 2.75) is 84.9 Å². The number of rotatable bonds is 6. The van der Waals surface area contributed by atoms with E-state index in [0.717, 1.165) is 13.0 Å². The average molecular weight is 241 g/mol. The first-order valence-electron chi connectivity index (χ1n) is 7.40. The van der Waals surface area contributed by atoms with Crippen LogP contribution >= 0.6 is 0 Å². The SMILES string of the molecule is CCCCCCC(O)N1CCCC1C(C)(C)C. The van der Waals surface area contributed by atoms with E-state index in [0.29, 0.717) is 11.5 Å². The lowest BCUT2D eigenvalue weighted by molar-refractivity contribution is -0.0381. The maximum atomic E-state index is 10.3. The van der Waals surface area contributed by atoms with E-state index in [1.54, 1.807) is 0 Å². The summed E-state index contributed by atoms with van der Waals surface area (Å²) < 4.78 is 0. The summed E-state index contributed by atoms with van der Waals surface area (Å²) in [5.41, 5.74) is 0.293. The van der Waals surface area contributed by atoms with Crippen molar-refractivity contribution in [2.24, 2.45) is 5.41 Å². The number of nitrogens with zero attached hydrogens (tertiary/aromatic N) is 1. The van der Waals surface area contributed by atoms with Gasteiger partial charge in [0, 0.05) is 12.6 Å². The molecule has 2 nitrogen and oxygen atoms in total. The van der Waals surface area contributed by atoms with E-state index >= 15 is 0 Å². The Kier molecular flexibility index (Phi) is 5.94. The molecule has 1 heterocycles. The van der Waals surface area contributed by atoms with Gasteiger partial charge < -0.3 is 5.11 Å². The smallest absolute Gasteiger partial charge is 0.107 e. The van der Waals surface area contributed by atoms with Crippen molar-refractivity contribution in [3.63, 3.8) is 0 Å². The zero-order valence-electron chi connectivity index (χ0n) is 12.2. The quantitative estimate of drug-likeness (QED) is 0.715. The molecule has 0 radical (unpaired) electrons. The fourth-order valence-corrected chi connectivity index (χ4v) is 3.00. The Balaban J connectivity index is 2.37. The van der Waals surface area contributed by atoms with Gasteiger partial charge in [0.05, 0.1) is 0 Å². The van der Waals surface area contributed by atoms with Gasteiger partial charge in [0.2, 0.25) is 0 Å². The van der Waals surface area contributed by atoms with Gasteiger partial charge in [-0.3, -0.25) is 4.90 Å². The lowest BCUT2D eigenvalue weighted by Crippen LogP contribution is -2.45. The van der Waals surface area contributed by atoms with Crippen molar-refractivity contribution >= 4 is 0 Å². The third kappa shape index (κ3) is 4.59. The normalized spacial score (nSPS) is 24.2. The Hall–Kier alpha value is -0.0800. The highest BCUT2D eigenvalue weighted by Crippen LogP contribution is 2.34. The molecule has 102 valence electrons. The van der Waals surface area contributed by atoms with Crippen molar-refractivity contribution in [1.29, 1.82) is 0 Å². The van der Waals surface area contributed by atoms with E-state index in [-0.39, 0.29) is 6.23 Å². The van der Waals surface area contributed by atoms with Crippen molar-refractivity contribution in [2.75, 3.05) is 6.54 Å². The van der Waals surface area contributed by atoms with Gasteiger partial charge in [-0.2, -0.15) is 0 Å². The van der Waals surface area contributed by atoms with Crippen LogP contribution < -0.4 is 0 Å². The summed E-state index contributed by atoms with van der Waals surface area (Å²) >= 11 is 0. The third-order valence-corrected chi connectivity index (χ3v) is 3.99. The minimum Gasteiger partial charge on any atom is -0.378 e. The average Bonchev–Trinajstić information content (AvgIpc) is 2.72. The molecule has 0 amide bonds. The maximum Gasteiger partial charge on any atom is 0.107 e. The first-order chi connectivity index (χ1) is 7.96.